The second-order valence-corrected chi connectivity index (χ2v) is 3.37. The topological polar surface area (TPSA) is 29.5 Å². The Balaban J connectivity index is 3.24. The lowest BCUT2D eigenvalue weighted by atomic mass is 10.1. The highest BCUT2D eigenvalue weighted by atomic mass is 79.9. The van der Waals surface area contributed by atoms with Gasteiger partial charge in [0.1, 0.15) is 5.75 Å². The molecule has 0 radical (unpaired) electrons. The number of aliphatic hydroxyl groups excluding tert-OH is 1. The van der Waals surface area contributed by atoms with E-state index in [2.05, 4.69) is 15.9 Å². The highest BCUT2D eigenvalue weighted by Crippen LogP contribution is 2.27. The van der Waals surface area contributed by atoms with Crippen LogP contribution in [0.1, 0.15) is 11.1 Å². The fourth-order valence-electron chi connectivity index (χ4n) is 1.12. The zero-order valence-electron chi connectivity index (χ0n) is 7.10. The van der Waals surface area contributed by atoms with Crippen molar-refractivity contribution in [2.75, 3.05) is 7.11 Å². The third-order valence-electron chi connectivity index (χ3n) is 1.87. The van der Waals surface area contributed by atoms with Crippen LogP contribution in [-0.2, 0) is 6.61 Å². The molecule has 0 unspecified atom stereocenters. The predicted octanol–water partition coefficient (Wildman–Crippen LogP) is 2.26. The maximum absolute atomic E-state index is 9.03. The molecule has 1 rings (SSSR count). The minimum Gasteiger partial charge on any atom is -0.496 e. The number of aliphatic hydroxyl groups is 1. The molecular formula is C9H11BrO2. The lowest BCUT2D eigenvalue weighted by molar-refractivity contribution is 0.279. The van der Waals surface area contributed by atoms with Crippen molar-refractivity contribution in [2.24, 2.45) is 0 Å². The first-order valence-electron chi connectivity index (χ1n) is 3.63. The summed E-state index contributed by atoms with van der Waals surface area (Å²) in [6.45, 7) is 1.96. The van der Waals surface area contributed by atoms with E-state index in [1.165, 1.54) is 0 Å². The van der Waals surface area contributed by atoms with Gasteiger partial charge in [-0.1, -0.05) is 15.9 Å². The van der Waals surface area contributed by atoms with Gasteiger partial charge in [-0.3, -0.25) is 0 Å². The molecule has 3 heteroatoms. The van der Waals surface area contributed by atoms with Gasteiger partial charge in [-0.2, -0.15) is 0 Å². The minimum atomic E-state index is 0.0314. The van der Waals surface area contributed by atoms with E-state index >= 15 is 0 Å². The fraction of sp³-hybridized carbons (Fsp3) is 0.333. The summed E-state index contributed by atoms with van der Waals surface area (Å²) in [4.78, 5) is 0. The molecule has 2 nitrogen and oxygen atoms in total. The van der Waals surface area contributed by atoms with Crippen molar-refractivity contribution in [1.29, 1.82) is 0 Å². The van der Waals surface area contributed by atoms with Crippen LogP contribution in [0.4, 0.5) is 0 Å². The van der Waals surface area contributed by atoms with Gasteiger partial charge in [-0.15, -0.1) is 0 Å². The van der Waals surface area contributed by atoms with Gasteiger partial charge in [0.25, 0.3) is 0 Å². The van der Waals surface area contributed by atoms with Crippen molar-refractivity contribution >= 4 is 15.9 Å². The molecule has 0 saturated heterocycles. The standard InChI is InChI=1S/C9H11BrO2/c1-6-7(5-11)8(10)3-4-9(6)12-2/h3-4,11H,5H2,1-2H3. The molecule has 66 valence electrons. The van der Waals surface area contributed by atoms with Gasteiger partial charge in [0.05, 0.1) is 13.7 Å². The maximum Gasteiger partial charge on any atom is 0.122 e. The normalized spacial score (nSPS) is 10.0. The molecule has 12 heavy (non-hydrogen) atoms. The molecule has 0 fully saturated rings. The third-order valence-corrected chi connectivity index (χ3v) is 2.61. The Morgan fingerprint density at radius 2 is 2.17 bits per heavy atom. The average molecular weight is 231 g/mol. The predicted molar refractivity (Wildman–Crippen MR) is 51.4 cm³/mol. The van der Waals surface area contributed by atoms with Crippen molar-refractivity contribution in [3.8, 4) is 5.75 Å². The molecule has 0 aliphatic heterocycles. The molecule has 1 aromatic carbocycles. The second kappa shape index (κ2) is 3.92. The lowest BCUT2D eigenvalue weighted by Gasteiger charge is -2.09. The van der Waals surface area contributed by atoms with Crippen LogP contribution in [0.2, 0.25) is 0 Å². The van der Waals surface area contributed by atoms with Crippen LogP contribution in [0.15, 0.2) is 16.6 Å². The van der Waals surface area contributed by atoms with Gasteiger partial charge >= 0.3 is 0 Å². The summed E-state index contributed by atoms with van der Waals surface area (Å²) in [5.74, 6) is 0.808. The Kier molecular flexibility index (Phi) is 3.12. The monoisotopic (exact) mass is 230 g/mol. The Labute approximate surface area is 80.3 Å². The lowest BCUT2D eigenvalue weighted by Crippen LogP contribution is -1.94. The molecule has 0 amide bonds. The molecule has 0 saturated carbocycles. The molecule has 0 spiro atoms. The highest BCUT2D eigenvalue weighted by Gasteiger charge is 2.06. The zero-order chi connectivity index (χ0) is 9.14. The molecule has 0 aliphatic rings. The third kappa shape index (κ3) is 1.62. The van der Waals surface area contributed by atoms with Gasteiger partial charge in [-0.25, -0.2) is 0 Å². The van der Waals surface area contributed by atoms with Crippen LogP contribution >= 0.6 is 15.9 Å². The Morgan fingerprint density at radius 3 is 2.67 bits per heavy atom. The Bertz CT molecular complexity index is 284. The number of hydrogen-bond acceptors (Lipinski definition) is 2. The van der Waals surface area contributed by atoms with Crippen LogP contribution < -0.4 is 4.74 Å². The van der Waals surface area contributed by atoms with E-state index in [0.29, 0.717) is 0 Å². The van der Waals surface area contributed by atoms with Gasteiger partial charge in [-0.05, 0) is 30.2 Å². The van der Waals surface area contributed by atoms with E-state index in [-0.39, 0.29) is 6.61 Å². The first-order valence-corrected chi connectivity index (χ1v) is 4.42. The van der Waals surface area contributed by atoms with Crippen molar-refractivity contribution in [3.63, 3.8) is 0 Å². The van der Waals surface area contributed by atoms with Crippen molar-refractivity contribution in [1.82, 2.24) is 0 Å². The Morgan fingerprint density at radius 1 is 1.50 bits per heavy atom. The number of halogens is 1. The summed E-state index contributed by atoms with van der Waals surface area (Å²) >= 11 is 3.36. The summed E-state index contributed by atoms with van der Waals surface area (Å²) in [6.07, 6.45) is 0. The van der Waals surface area contributed by atoms with E-state index in [1.54, 1.807) is 7.11 Å². The molecule has 0 aromatic heterocycles. The molecule has 1 N–H and O–H groups in total. The van der Waals surface area contributed by atoms with Crippen LogP contribution in [0.3, 0.4) is 0 Å². The van der Waals surface area contributed by atoms with Crippen molar-refractivity contribution < 1.29 is 9.84 Å². The van der Waals surface area contributed by atoms with Gasteiger partial charge in [0, 0.05) is 4.47 Å². The summed E-state index contributed by atoms with van der Waals surface area (Å²) in [5.41, 5.74) is 1.86. The smallest absolute Gasteiger partial charge is 0.122 e. The van der Waals surface area contributed by atoms with Gasteiger partial charge in [0.15, 0.2) is 0 Å². The number of benzene rings is 1. The van der Waals surface area contributed by atoms with Crippen molar-refractivity contribution in [2.45, 2.75) is 13.5 Å². The first kappa shape index (κ1) is 9.55. The Hall–Kier alpha value is -0.540. The first-order chi connectivity index (χ1) is 5.70. The highest BCUT2D eigenvalue weighted by molar-refractivity contribution is 9.10. The van der Waals surface area contributed by atoms with Crippen LogP contribution in [0.25, 0.3) is 0 Å². The molecule has 0 aliphatic carbocycles. The second-order valence-electron chi connectivity index (χ2n) is 2.51. The fourth-order valence-corrected chi connectivity index (χ4v) is 1.67. The molecule has 0 bridgehead atoms. The number of ether oxygens (including phenoxy) is 1. The van der Waals surface area contributed by atoms with Gasteiger partial charge < -0.3 is 9.84 Å². The largest absolute Gasteiger partial charge is 0.496 e. The average Bonchev–Trinajstić information content (AvgIpc) is 2.06. The van der Waals surface area contributed by atoms with Crippen LogP contribution in [-0.4, -0.2) is 12.2 Å². The van der Waals surface area contributed by atoms with E-state index in [0.717, 1.165) is 21.3 Å². The molecule has 0 heterocycles. The van der Waals surface area contributed by atoms with Crippen molar-refractivity contribution in [3.05, 3.63) is 27.7 Å². The molecular weight excluding hydrogens is 220 g/mol. The quantitative estimate of drug-likeness (QED) is 0.845. The van der Waals surface area contributed by atoms with Crippen LogP contribution in [0, 0.1) is 6.92 Å². The summed E-state index contributed by atoms with van der Waals surface area (Å²) in [5, 5.41) is 9.03. The summed E-state index contributed by atoms with van der Waals surface area (Å²) < 4.78 is 6.03. The molecule has 1 aromatic rings. The summed E-state index contributed by atoms with van der Waals surface area (Å²) in [7, 11) is 1.62. The summed E-state index contributed by atoms with van der Waals surface area (Å²) in [6, 6.07) is 3.75. The van der Waals surface area contributed by atoms with E-state index < -0.39 is 0 Å². The zero-order valence-corrected chi connectivity index (χ0v) is 8.68. The van der Waals surface area contributed by atoms with E-state index in [9.17, 15) is 0 Å². The minimum absolute atomic E-state index is 0.0314. The SMILES string of the molecule is COc1ccc(Br)c(CO)c1C. The van der Waals surface area contributed by atoms with E-state index in [1.807, 2.05) is 19.1 Å². The number of rotatable bonds is 2. The van der Waals surface area contributed by atoms with E-state index in [4.69, 9.17) is 9.84 Å². The van der Waals surface area contributed by atoms with Crippen LogP contribution in [0.5, 0.6) is 5.75 Å². The maximum atomic E-state index is 9.03. The number of methoxy groups -OCH3 is 1. The van der Waals surface area contributed by atoms with Gasteiger partial charge in [0.2, 0.25) is 0 Å². The number of hydrogen-bond donors (Lipinski definition) is 1. The molecule has 0 atom stereocenters.